The first-order valence-corrected chi connectivity index (χ1v) is 8.28. The zero-order valence-electron chi connectivity index (χ0n) is 12.1. The lowest BCUT2D eigenvalue weighted by Crippen LogP contribution is -2.24. The highest BCUT2D eigenvalue weighted by molar-refractivity contribution is 9.11. The number of imidazole rings is 1. The van der Waals surface area contributed by atoms with Crippen LogP contribution < -0.4 is 10.1 Å². The summed E-state index contributed by atoms with van der Waals surface area (Å²) in [5.74, 6) is -1.90. The van der Waals surface area contributed by atoms with Gasteiger partial charge in [-0.05, 0) is 34.1 Å². The second kappa shape index (κ2) is 6.64. The molecule has 5 nitrogen and oxygen atoms in total. The number of nitrogens with one attached hydrogen (secondary N) is 1. The van der Waals surface area contributed by atoms with Crippen LogP contribution in [0, 0.1) is 5.82 Å². The van der Waals surface area contributed by atoms with E-state index in [1.807, 2.05) is 0 Å². The van der Waals surface area contributed by atoms with Gasteiger partial charge in [-0.25, -0.2) is 9.37 Å². The van der Waals surface area contributed by atoms with E-state index in [0.717, 1.165) is 22.0 Å². The molecule has 1 aromatic carbocycles. The van der Waals surface area contributed by atoms with E-state index in [1.54, 1.807) is 10.6 Å². The molecule has 0 saturated heterocycles. The minimum Gasteiger partial charge on any atom is -0.406 e. The Bertz CT molecular complexity index is 906. The van der Waals surface area contributed by atoms with E-state index in [-0.39, 0.29) is 17.8 Å². The number of amides is 1. The van der Waals surface area contributed by atoms with Crippen molar-refractivity contribution >= 4 is 38.1 Å². The van der Waals surface area contributed by atoms with Crippen molar-refractivity contribution in [1.29, 1.82) is 0 Å². The van der Waals surface area contributed by atoms with Crippen LogP contribution in [0.15, 0.2) is 34.4 Å². The Morgan fingerprint density at radius 2 is 2.12 bits per heavy atom. The fraction of sp³-hybridized carbons (Fsp3) is 0.143. The van der Waals surface area contributed by atoms with Gasteiger partial charge in [-0.2, -0.15) is 0 Å². The Kier molecular flexibility index (Phi) is 4.69. The first-order valence-electron chi connectivity index (χ1n) is 6.68. The molecule has 1 N–H and O–H groups in total. The Hall–Kier alpha value is -2.14. The fourth-order valence-corrected chi connectivity index (χ4v) is 3.38. The maximum atomic E-state index is 13.7. The average molecular weight is 438 g/mol. The molecule has 0 aliphatic carbocycles. The minimum atomic E-state index is -4.88. The number of aromatic nitrogens is 2. The maximum absolute atomic E-state index is 13.7. The quantitative estimate of drug-likeness (QED) is 0.624. The van der Waals surface area contributed by atoms with Crippen LogP contribution in [0.5, 0.6) is 5.75 Å². The third-order valence-corrected chi connectivity index (χ3v) is 4.53. The van der Waals surface area contributed by atoms with E-state index >= 15 is 0 Å². The van der Waals surface area contributed by atoms with Gasteiger partial charge in [0.2, 0.25) is 0 Å². The van der Waals surface area contributed by atoms with Gasteiger partial charge >= 0.3 is 6.36 Å². The molecule has 25 heavy (non-hydrogen) atoms. The second-order valence-electron chi connectivity index (χ2n) is 4.83. The van der Waals surface area contributed by atoms with E-state index in [2.05, 4.69) is 31.0 Å². The van der Waals surface area contributed by atoms with Gasteiger partial charge < -0.3 is 10.1 Å². The molecule has 3 rings (SSSR count). The number of carbonyl (C=O) groups is 1. The average Bonchev–Trinajstić information content (AvgIpc) is 3.03. The number of hydrogen-bond donors (Lipinski definition) is 1. The van der Waals surface area contributed by atoms with E-state index < -0.39 is 23.8 Å². The summed E-state index contributed by atoms with van der Waals surface area (Å²) in [6.45, 7) is -0.311. The number of hydrogen-bond acceptors (Lipinski definition) is 4. The lowest BCUT2D eigenvalue weighted by Gasteiger charge is -2.11. The molecule has 0 atom stereocenters. The molecule has 0 aliphatic rings. The lowest BCUT2D eigenvalue weighted by molar-refractivity contribution is -0.274. The Labute approximate surface area is 150 Å². The van der Waals surface area contributed by atoms with Gasteiger partial charge in [0.05, 0.1) is 3.79 Å². The summed E-state index contributed by atoms with van der Waals surface area (Å²) in [5.41, 5.74) is -0.0271. The lowest BCUT2D eigenvalue weighted by atomic mass is 10.2. The third-order valence-electron chi connectivity index (χ3n) is 3.05. The summed E-state index contributed by atoms with van der Waals surface area (Å²) >= 11 is 4.61. The van der Waals surface area contributed by atoms with Crippen LogP contribution >= 0.6 is 27.3 Å². The predicted molar refractivity (Wildman–Crippen MR) is 85.0 cm³/mol. The number of rotatable bonds is 4. The molecule has 2 aromatic heterocycles. The van der Waals surface area contributed by atoms with Gasteiger partial charge in [0, 0.05) is 24.5 Å². The molecule has 0 fully saturated rings. The van der Waals surface area contributed by atoms with Gasteiger partial charge in [-0.1, -0.05) is 11.3 Å². The zero-order chi connectivity index (χ0) is 18.2. The monoisotopic (exact) mass is 437 g/mol. The molecular formula is C14H8BrF4N3O2S. The van der Waals surface area contributed by atoms with Crippen molar-refractivity contribution in [2.45, 2.75) is 12.9 Å². The van der Waals surface area contributed by atoms with Crippen LogP contribution in [0.25, 0.3) is 4.96 Å². The number of carbonyl (C=O) groups excluding carboxylic acids is 1. The van der Waals surface area contributed by atoms with Gasteiger partial charge in [-0.15, -0.1) is 13.2 Å². The van der Waals surface area contributed by atoms with Crippen molar-refractivity contribution in [1.82, 2.24) is 14.7 Å². The Balaban J connectivity index is 1.70. The number of halogens is 5. The summed E-state index contributed by atoms with van der Waals surface area (Å²) in [7, 11) is 0. The van der Waals surface area contributed by atoms with Crippen molar-refractivity contribution in [3.05, 3.63) is 51.5 Å². The van der Waals surface area contributed by atoms with Gasteiger partial charge in [0.15, 0.2) is 4.96 Å². The molecule has 132 valence electrons. The topological polar surface area (TPSA) is 55.6 Å². The van der Waals surface area contributed by atoms with Crippen LogP contribution in [0.1, 0.15) is 16.1 Å². The first kappa shape index (κ1) is 17.7. The summed E-state index contributed by atoms with van der Waals surface area (Å²) in [6, 6.07) is 2.58. The Morgan fingerprint density at radius 3 is 2.80 bits per heavy atom. The number of ether oxygens (including phenoxy) is 1. The molecule has 0 spiro atoms. The molecule has 11 heteroatoms. The van der Waals surface area contributed by atoms with Crippen LogP contribution in [0.2, 0.25) is 0 Å². The van der Waals surface area contributed by atoms with Crippen LogP contribution in [0.4, 0.5) is 17.6 Å². The zero-order valence-corrected chi connectivity index (χ0v) is 14.5. The van der Waals surface area contributed by atoms with E-state index in [1.165, 1.54) is 17.5 Å². The number of thiazole rings is 1. The normalized spacial score (nSPS) is 11.7. The summed E-state index contributed by atoms with van der Waals surface area (Å²) in [5, 5.41) is 2.41. The molecule has 2 heterocycles. The van der Waals surface area contributed by atoms with E-state index in [9.17, 15) is 22.4 Å². The van der Waals surface area contributed by atoms with Crippen molar-refractivity contribution in [2.24, 2.45) is 0 Å². The highest BCUT2D eigenvalue weighted by atomic mass is 79.9. The maximum Gasteiger partial charge on any atom is 0.573 e. The largest absolute Gasteiger partial charge is 0.573 e. The molecule has 0 bridgehead atoms. The molecule has 0 unspecified atom stereocenters. The molecule has 0 radical (unpaired) electrons. The van der Waals surface area contributed by atoms with Gasteiger partial charge in [0.1, 0.15) is 17.3 Å². The number of benzene rings is 1. The van der Waals surface area contributed by atoms with Crippen molar-refractivity contribution in [3.8, 4) is 5.75 Å². The van der Waals surface area contributed by atoms with E-state index in [4.69, 9.17) is 0 Å². The molecule has 0 saturated carbocycles. The predicted octanol–water partition coefficient (Wildman–Crippen LogP) is 4.13. The summed E-state index contributed by atoms with van der Waals surface area (Å²) in [4.78, 5) is 16.8. The van der Waals surface area contributed by atoms with Crippen molar-refractivity contribution < 1.29 is 27.1 Å². The number of fused-ring (bicyclic) bond motifs is 1. The van der Waals surface area contributed by atoms with Crippen LogP contribution in [-0.4, -0.2) is 21.7 Å². The third kappa shape index (κ3) is 4.28. The summed E-state index contributed by atoms with van der Waals surface area (Å²) in [6.07, 6.45) is -1.67. The molecule has 1 amide bonds. The number of nitrogens with zero attached hydrogens (tertiary/aromatic N) is 2. The molecular weight excluding hydrogens is 430 g/mol. The molecule has 3 aromatic rings. The Morgan fingerprint density at radius 1 is 1.36 bits per heavy atom. The van der Waals surface area contributed by atoms with Crippen molar-refractivity contribution in [2.75, 3.05) is 0 Å². The second-order valence-corrected chi connectivity index (χ2v) is 7.22. The highest BCUT2D eigenvalue weighted by Gasteiger charge is 2.31. The fourth-order valence-electron chi connectivity index (χ4n) is 2.03. The minimum absolute atomic E-state index is 0.113. The van der Waals surface area contributed by atoms with Gasteiger partial charge in [0.25, 0.3) is 5.91 Å². The highest BCUT2D eigenvalue weighted by Crippen LogP contribution is 2.25. The summed E-state index contributed by atoms with van der Waals surface area (Å²) < 4.78 is 56.5. The number of alkyl halides is 3. The standard InChI is InChI=1S/C14H8BrF4N3O2S/c15-11-6-22-5-10(21-13(22)25-11)12(23)20-4-7-3-8(1-2-9(7)16)24-14(17,18)19/h1-3,5-6H,4H2,(H,20,23). The first-order chi connectivity index (χ1) is 11.7. The van der Waals surface area contributed by atoms with Crippen molar-refractivity contribution in [3.63, 3.8) is 0 Å². The van der Waals surface area contributed by atoms with E-state index in [0.29, 0.717) is 4.96 Å². The smallest absolute Gasteiger partial charge is 0.406 e. The SMILES string of the molecule is O=C(NCc1cc(OC(F)(F)F)ccc1F)c1cn2cc(Br)sc2n1. The van der Waals surface area contributed by atoms with Gasteiger partial charge in [-0.3, -0.25) is 9.20 Å². The van der Waals surface area contributed by atoms with Crippen LogP contribution in [-0.2, 0) is 6.54 Å². The van der Waals surface area contributed by atoms with Crippen LogP contribution in [0.3, 0.4) is 0 Å². The molecule has 0 aliphatic heterocycles.